The quantitative estimate of drug-likeness (QED) is 0.704. The smallest absolute Gasteiger partial charge is 0.149 e. The summed E-state index contributed by atoms with van der Waals surface area (Å²) in [6.07, 6.45) is 3.51. The number of nitrogens with zero attached hydrogens (tertiary/aromatic N) is 1. The molecule has 0 aliphatic heterocycles. The lowest BCUT2D eigenvalue weighted by molar-refractivity contribution is -0.132. The first-order chi connectivity index (χ1) is 8.41. The van der Waals surface area contributed by atoms with Crippen molar-refractivity contribution >= 4 is 17.3 Å². The van der Waals surface area contributed by atoms with Gasteiger partial charge < -0.3 is 0 Å². The Morgan fingerprint density at radius 1 is 1.28 bits per heavy atom. The Morgan fingerprint density at radius 2 is 1.94 bits per heavy atom. The number of rotatable bonds is 5. The van der Waals surface area contributed by atoms with E-state index in [0.29, 0.717) is 19.4 Å². The largest absolute Gasteiger partial charge is 0.298 e. The fourth-order valence-electron chi connectivity index (χ4n) is 2.57. The van der Waals surface area contributed by atoms with Gasteiger partial charge in [0.15, 0.2) is 0 Å². The lowest BCUT2D eigenvalue weighted by Gasteiger charge is -2.34. The van der Waals surface area contributed by atoms with Crippen LogP contribution < -0.4 is 0 Å². The molecule has 18 heavy (non-hydrogen) atoms. The number of aliphatic imine (C=N–C) groups is 1. The summed E-state index contributed by atoms with van der Waals surface area (Å²) in [5, 5.41) is 0. The molecule has 1 aliphatic carbocycles. The van der Waals surface area contributed by atoms with Crippen molar-refractivity contribution in [1.82, 2.24) is 0 Å². The summed E-state index contributed by atoms with van der Waals surface area (Å²) in [6, 6.07) is 0. The highest BCUT2D eigenvalue weighted by molar-refractivity contribution is 6.22. The zero-order valence-electron chi connectivity index (χ0n) is 12.1. The molecule has 0 radical (unpaired) electrons. The molecule has 1 aliphatic rings. The van der Waals surface area contributed by atoms with Gasteiger partial charge >= 0.3 is 0 Å². The van der Waals surface area contributed by atoms with Crippen LogP contribution in [0.15, 0.2) is 4.99 Å². The second-order valence-corrected chi connectivity index (χ2v) is 6.01. The van der Waals surface area contributed by atoms with Gasteiger partial charge in [0.05, 0.1) is 0 Å². The average Bonchev–Trinajstić information content (AvgIpc) is 2.24. The first kappa shape index (κ1) is 15.1. The van der Waals surface area contributed by atoms with Crippen molar-refractivity contribution in [3.05, 3.63) is 0 Å². The number of Topliss-reactive ketones (excluding diaryl/α,β-unsaturated/α-hetero) is 2. The monoisotopic (exact) mass is 251 g/mol. The molecule has 3 heteroatoms. The molecular weight excluding hydrogens is 226 g/mol. The summed E-state index contributed by atoms with van der Waals surface area (Å²) in [7, 11) is 0. The zero-order chi connectivity index (χ0) is 13.8. The molecule has 0 heterocycles. The van der Waals surface area contributed by atoms with Crippen molar-refractivity contribution < 1.29 is 9.59 Å². The third-order valence-electron chi connectivity index (χ3n) is 3.32. The van der Waals surface area contributed by atoms with E-state index in [-0.39, 0.29) is 17.0 Å². The first-order valence-electron chi connectivity index (χ1n) is 7.00. The Morgan fingerprint density at radius 3 is 2.50 bits per heavy atom. The average molecular weight is 251 g/mol. The Bertz CT molecular complexity index is 356. The minimum absolute atomic E-state index is 0.0490. The van der Waals surface area contributed by atoms with Gasteiger partial charge in [-0.3, -0.25) is 14.6 Å². The van der Waals surface area contributed by atoms with Gasteiger partial charge in [0.25, 0.3) is 0 Å². The molecule has 0 spiro atoms. The van der Waals surface area contributed by atoms with Crippen molar-refractivity contribution in [2.75, 3.05) is 6.54 Å². The minimum atomic E-state index is -0.537. The molecule has 1 unspecified atom stereocenters. The van der Waals surface area contributed by atoms with Crippen LogP contribution >= 0.6 is 0 Å². The predicted octanol–water partition coefficient (Wildman–Crippen LogP) is 3.21. The van der Waals surface area contributed by atoms with E-state index in [2.05, 4.69) is 25.8 Å². The molecule has 1 fully saturated rings. The van der Waals surface area contributed by atoms with Crippen LogP contribution in [0.2, 0.25) is 0 Å². The summed E-state index contributed by atoms with van der Waals surface area (Å²) in [5.41, 5.74) is 0.781. The van der Waals surface area contributed by atoms with E-state index in [1.165, 1.54) is 0 Å². The van der Waals surface area contributed by atoms with E-state index >= 15 is 0 Å². The Labute approximate surface area is 110 Å². The Kier molecular flexibility index (Phi) is 5.24. The number of hydrogen-bond donors (Lipinski definition) is 0. The van der Waals surface area contributed by atoms with Crippen molar-refractivity contribution in [2.24, 2.45) is 16.3 Å². The lowest BCUT2D eigenvalue weighted by Crippen LogP contribution is -2.42. The lowest BCUT2D eigenvalue weighted by atomic mass is 9.69. The molecule has 1 saturated carbocycles. The highest BCUT2D eigenvalue weighted by Gasteiger charge is 2.40. The maximum Gasteiger partial charge on any atom is 0.149 e. The van der Waals surface area contributed by atoms with E-state index in [9.17, 15) is 9.59 Å². The molecule has 0 aromatic rings. The van der Waals surface area contributed by atoms with Crippen molar-refractivity contribution in [3.8, 4) is 0 Å². The van der Waals surface area contributed by atoms with E-state index in [1.54, 1.807) is 0 Å². The summed E-state index contributed by atoms with van der Waals surface area (Å²) >= 11 is 0. The molecule has 1 rings (SSSR count). The molecule has 0 aromatic carbocycles. The molecule has 0 aromatic heterocycles. The zero-order valence-corrected chi connectivity index (χ0v) is 12.1. The minimum Gasteiger partial charge on any atom is -0.298 e. The topological polar surface area (TPSA) is 46.5 Å². The van der Waals surface area contributed by atoms with Crippen molar-refractivity contribution in [1.29, 1.82) is 0 Å². The first-order valence-corrected chi connectivity index (χ1v) is 7.00. The second-order valence-electron chi connectivity index (χ2n) is 6.01. The van der Waals surface area contributed by atoms with E-state index in [0.717, 1.165) is 25.0 Å². The molecule has 102 valence electrons. The van der Waals surface area contributed by atoms with Crippen LogP contribution in [-0.4, -0.2) is 23.8 Å². The van der Waals surface area contributed by atoms with E-state index in [1.807, 2.05) is 6.92 Å². The van der Waals surface area contributed by atoms with Gasteiger partial charge in [0.1, 0.15) is 17.5 Å². The highest BCUT2D eigenvalue weighted by Crippen LogP contribution is 2.35. The molecule has 0 saturated heterocycles. The molecule has 0 N–H and O–H groups in total. The maximum atomic E-state index is 12.2. The summed E-state index contributed by atoms with van der Waals surface area (Å²) < 4.78 is 0. The number of hydrogen-bond acceptors (Lipinski definition) is 3. The normalized spacial score (nSPS) is 25.4. The van der Waals surface area contributed by atoms with Gasteiger partial charge in [0.2, 0.25) is 0 Å². The van der Waals surface area contributed by atoms with Crippen LogP contribution in [0, 0.1) is 11.3 Å². The SMILES string of the molecule is CCCN=C1CC(C)(C)CC(=O)C1C(=O)CCC. The highest BCUT2D eigenvalue weighted by atomic mass is 16.2. The molecule has 0 amide bonds. The fraction of sp³-hybridized carbons (Fsp3) is 0.800. The third-order valence-corrected chi connectivity index (χ3v) is 3.32. The van der Waals surface area contributed by atoms with Crippen molar-refractivity contribution in [3.63, 3.8) is 0 Å². The van der Waals surface area contributed by atoms with E-state index in [4.69, 9.17) is 0 Å². The Balaban J connectivity index is 2.96. The Hall–Kier alpha value is -0.990. The number of carbonyl (C=O) groups is 2. The van der Waals surface area contributed by atoms with Gasteiger partial charge in [-0.2, -0.15) is 0 Å². The third kappa shape index (κ3) is 3.76. The van der Waals surface area contributed by atoms with Crippen LogP contribution in [0.25, 0.3) is 0 Å². The number of carbonyl (C=O) groups excluding carboxylic acids is 2. The molecule has 0 bridgehead atoms. The van der Waals surface area contributed by atoms with Crippen LogP contribution in [0.4, 0.5) is 0 Å². The standard InChI is InChI=1S/C15H25NO2/c1-5-7-12(17)14-11(16-8-6-2)9-15(3,4)10-13(14)18/h14H,5-10H2,1-4H3. The van der Waals surface area contributed by atoms with Gasteiger partial charge in [0, 0.05) is 25.1 Å². The molecule has 1 atom stereocenters. The summed E-state index contributed by atoms with van der Waals surface area (Å²) in [5.74, 6) is -0.406. The summed E-state index contributed by atoms with van der Waals surface area (Å²) in [4.78, 5) is 28.8. The van der Waals surface area contributed by atoms with Gasteiger partial charge in [-0.15, -0.1) is 0 Å². The van der Waals surface area contributed by atoms with E-state index < -0.39 is 5.92 Å². The van der Waals surface area contributed by atoms with Crippen LogP contribution in [-0.2, 0) is 9.59 Å². The predicted molar refractivity (Wildman–Crippen MR) is 74.0 cm³/mol. The van der Waals surface area contributed by atoms with Crippen LogP contribution in [0.5, 0.6) is 0 Å². The van der Waals surface area contributed by atoms with Crippen molar-refractivity contribution in [2.45, 2.75) is 59.8 Å². The molecular formula is C15H25NO2. The van der Waals surface area contributed by atoms with Crippen LogP contribution in [0.3, 0.4) is 0 Å². The maximum absolute atomic E-state index is 12.2. The van der Waals surface area contributed by atoms with Gasteiger partial charge in [-0.25, -0.2) is 0 Å². The van der Waals surface area contributed by atoms with Crippen LogP contribution in [0.1, 0.15) is 59.8 Å². The fourth-order valence-corrected chi connectivity index (χ4v) is 2.57. The number of ketones is 2. The van der Waals surface area contributed by atoms with Gasteiger partial charge in [-0.1, -0.05) is 27.7 Å². The summed E-state index contributed by atoms with van der Waals surface area (Å²) in [6.45, 7) is 8.90. The second kappa shape index (κ2) is 6.26. The van der Waals surface area contributed by atoms with Gasteiger partial charge in [-0.05, 0) is 24.7 Å². The molecule has 3 nitrogen and oxygen atoms in total.